The van der Waals surface area contributed by atoms with Gasteiger partial charge in [0, 0.05) is 122 Å². The Kier molecular flexibility index (Phi) is 11.2. The lowest BCUT2D eigenvalue weighted by atomic mass is 10.0. The minimum absolute atomic E-state index is 0.0294. The maximum atomic E-state index is 15.8. The second-order valence-corrected chi connectivity index (χ2v) is 16.2. The van der Waals surface area contributed by atoms with Gasteiger partial charge in [-0.25, -0.2) is 14.4 Å². The van der Waals surface area contributed by atoms with Crippen LogP contribution in [-0.2, 0) is 22.7 Å². The van der Waals surface area contributed by atoms with Crippen molar-refractivity contribution in [1.29, 1.82) is 0 Å². The Morgan fingerprint density at radius 2 is 1.70 bits per heavy atom. The molecule has 4 amide bonds. The Morgan fingerprint density at radius 3 is 2.46 bits per heavy atom. The number of piperazine rings is 1. The molecule has 0 aliphatic carbocycles. The second-order valence-electron chi connectivity index (χ2n) is 16.2. The zero-order valence-electron chi connectivity index (χ0n) is 33.9. The number of imide groups is 1. The fraction of sp³-hybridized carbons (Fsp3) is 0.326. The standard InChI is InChI=1S/C46H47FN10O4/c1-29-4-8-33(25-39(29)52-46-49-18-14-38(51-46)31-3-2-17-48-26-31)50-43(59)30-5-9-34(10-6-30)55-19-15-35(16-20-55)56-23-21-54(22-24-56)27-32-7-11-36-37(42(32)47)28-57(45(36)61)40-12-13-41(58)53-44(40)60/h2-11,14,17-18,25-26,35,40H,12-13,15-16,19-24,27-28H2,1H3,(H,50,59)(H,49,51,52)(H,53,58,60). The summed E-state index contributed by atoms with van der Waals surface area (Å²) in [5, 5.41) is 8.62. The molecule has 6 heterocycles. The zero-order valence-corrected chi connectivity index (χ0v) is 33.9. The topological polar surface area (TPSA) is 156 Å². The van der Waals surface area contributed by atoms with Crippen molar-refractivity contribution >= 4 is 46.6 Å². The number of hydrogen-bond donors (Lipinski definition) is 3. The van der Waals surface area contributed by atoms with Crippen molar-refractivity contribution in [2.24, 2.45) is 0 Å². The van der Waals surface area contributed by atoms with Crippen molar-refractivity contribution in [2.75, 3.05) is 54.8 Å². The van der Waals surface area contributed by atoms with E-state index in [0.29, 0.717) is 46.5 Å². The molecular weight excluding hydrogens is 776 g/mol. The van der Waals surface area contributed by atoms with Gasteiger partial charge in [-0.05, 0) is 92.4 Å². The van der Waals surface area contributed by atoms with Gasteiger partial charge in [0.1, 0.15) is 11.9 Å². The van der Waals surface area contributed by atoms with Crippen LogP contribution in [0.2, 0.25) is 0 Å². The molecule has 2 aromatic heterocycles. The summed E-state index contributed by atoms with van der Waals surface area (Å²) in [6.45, 7) is 7.72. The molecule has 3 fully saturated rings. The highest BCUT2D eigenvalue weighted by atomic mass is 19.1. The number of halogens is 1. The molecule has 3 aromatic carbocycles. The molecule has 0 radical (unpaired) electrons. The minimum atomic E-state index is -0.769. The van der Waals surface area contributed by atoms with Gasteiger partial charge in [-0.15, -0.1) is 0 Å². The number of nitrogens with one attached hydrogen (secondary N) is 3. The summed E-state index contributed by atoms with van der Waals surface area (Å²) in [5.41, 5.74) is 6.91. The number of pyridine rings is 1. The normalized spacial score (nSPS) is 18.9. The zero-order chi connectivity index (χ0) is 42.0. The van der Waals surface area contributed by atoms with E-state index in [1.54, 1.807) is 30.7 Å². The summed E-state index contributed by atoms with van der Waals surface area (Å²) in [6.07, 6.45) is 7.64. The first-order chi connectivity index (χ1) is 29.7. The summed E-state index contributed by atoms with van der Waals surface area (Å²) >= 11 is 0. The van der Waals surface area contributed by atoms with Crippen LogP contribution in [0.3, 0.4) is 0 Å². The number of carbonyl (C=O) groups excluding carboxylic acids is 4. The third-order valence-corrected chi connectivity index (χ3v) is 12.4. The van der Waals surface area contributed by atoms with E-state index in [1.807, 2.05) is 67.6 Å². The van der Waals surface area contributed by atoms with Gasteiger partial charge < -0.3 is 20.4 Å². The Morgan fingerprint density at radius 1 is 0.902 bits per heavy atom. The predicted octanol–water partition coefficient (Wildman–Crippen LogP) is 5.53. The van der Waals surface area contributed by atoms with Crippen LogP contribution >= 0.6 is 0 Å². The molecule has 4 aliphatic rings. The number of nitrogens with zero attached hydrogens (tertiary/aromatic N) is 7. The van der Waals surface area contributed by atoms with E-state index >= 15 is 4.39 Å². The molecule has 1 unspecified atom stereocenters. The van der Waals surface area contributed by atoms with E-state index in [1.165, 1.54) is 4.90 Å². The van der Waals surface area contributed by atoms with Crippen LogP contribution in [0.1, 0.15) is 63.1 Å². The maximum Gasteiger partial charge on any atom is 0.255 e. The first kappa shape index (κ1) is 39.9. The van der Waals surface area contributed by atoms with Crippen LogP contribution in [0.15, 0.2) is 91.4 Å². The van der Waals surface area contributed by atoms with Crippen LogP contribution in [0.5, 0.6) is 0 Å². The molecule has 5 aromatic rings. The lowest BCUT2D eigenvalue weighted by Gasteiger charge is -2.43. The van der Waals surface area contributed by atoms with Gasteiger partial charge in [0.25, 0.3) is 11.8 Å². The van der Waals surface area contributed by atoms with Gasteiger partial charge in [0.15, 0.2) is 0 Å². The van der Waals surface area contributed by atoms with Crippen molar-refractivity contribution in [2.45, 2.75) is 57.8 Å². The maximum absolute atomic E-state index is 15.8. The third kappa shape index (κ3) is 8.56. The smallest absolute Gasteiger partial charge is 0.255 e. The molecular formula is C46H47FN10O4. The molecule has 4 aliphatic heterocycles. The lowest BCUT2D eigenvalue weighted by molar-refractivity contribution is -0.136. The average molecular weight is 823 g/mol. The van der Waals surface area contributed by atoms with Crippen LogP contribution in [0.25, 0.3) is 11.3 Å². The molecule has 61 heavy (non-hydrogen) atoms. The number of carbonyl (C=O) groups is 4. The molecule has 14 nitrogen and oxygen atoms in total. The van der Waals surface area contributed by atoms with Crippen molar-refractivity contribution in [3.8, 4) is 11.3 Å². The molecule has 3 saturated heterocycles. The molecule has 15 heteroatoms. The summed E-state index contributed by atoms with van der Waals surface area (Å²) in [5.74, 6) is -1.35. The van der Waals surface area contributed by atoms with Crippen LogP contribution in [-0.4, -0.2) is 105 Å². The summed E-state index contributed by atoms with van der Waals surface area (Å²) in [7, 11) is 0. The number of amides is 4. The van der Waals surface area contributed by atoms with Crippen LogP contribution in [0, 0.1) is 12.7 Å². The largest absolute Gasteiger partial charge is 0.371 e. The quantitative estimate of drug-likeness (QED) is 0.152. The molecule has 0 spiro atoms. The Hall–Kier alpha value is -6.58. The SMILES string of the molecule is Cc1ccc(NC(=O)c2ccc(N3CCC(N4CCN(Cc5ccc6c(c5F)CN(C5CCC(=O)NC5=O)C6=O)CC4)CC3)cc2)cc1Nc1nccc(-c2cccnc2)n1. The average Bonchev–Trinajstić information content (AvgIpc) is 3.62. The van der Waals surface area contributed by atoms with E-state index in [2.05, 4.69) is 45.6 Å². The number of anilines is 4. The summed E-state index contributed by atoms with van der Waals surface area (Å²) < 4.78 is 15.8. The second kappa shape index (κ2) is 17.2. The van der Waals surface area contributed by atoms with Crippen molar-refractivity contribution in [3.63, 3.8) is 0 Å². The lowest BCUT2D eigenvalue weighted by Crippen LogP contribution is -2.53. The van der Waals surface area contributed by atoms with Gasteiger partial charge >= 0.3 is 0 Å². The fourth-order valence-corrected chi connectivity index (χ4v) is 8.87. The predicted molar refractivity (Wildman–Crippen MR) is 229 cm³/mol. The van der Waals surface area contributed by atoms with E-state index in [-0.39, 0.29) is 42.9 Å². The van der Waals surface area contributed by atoms with Crippen LogP contribution in [0.4, 0.5) is 27.4 Å². The first-order valence-corrected chi connectivity index (χ1v) is 20.9. The van der Waals surface area contributed by atoms with Gasteiger partial charge in [0.2, 0.25) is 17.8 Å². The third-order valence-electron chi connectivity index (χ3n) is 12.4. The number of aromatic nitrogens is 3. The van der Waals surface area contributed by atoms with Crippen molar-refractivity contribution < 1.29 is 23.6 Å². The van der Waals surface area contributed by atoms with Gasteiger partial charge in [-0.1, -0.05) is 12.1 Å². The van der Waals surface area contributed by atoms with Gasteiger partial charge in [0.05, 0.1) is 12.2 Å². The fourth-order valence-electron chi connectivity index (χ4n) is 8.87. The van der Waals surface area contributed by atoms with E-state index in [4.69, 9.17) is 0 Å². The molecule has 0 saturated carbocycles. The minimum Gasteiger partial charge on any atom is -0.371 e. The molecule has 3 N–H and O–H groups in total. The Balaban J connectivity index is 0.738. The molecule has 1 atom stereocenters. The summed E-state index contributed by atoms with van der Waals surface area (Å²) in [4.78, 5) is 72.3. The highest BCUT2D eigenvalue weighted by Gasteiger charge is 2.40. The summed E-state index contributed by atoms with van der Waals surface area (Å²) in [6, 6.07) is 22.2. The molecule has 9 rings (SSSR count). The highest BCUT2D eigenvalue weighted by Crippen LogP contribution is 2.32. The molecule has 312 valence electrons. The number of fused-ring (bicyclic) bond motifs is 1. The first-order valence-electron chi connectivity index (χ1n) is 20.9. The Bertz CT molecular complexity index is 2470. The van der Waals surface area contributed by atoms with Crippen LogP contribution < -0.4 is 20.9 Å². The number of rotatable bonds is 10. The Labute approximate surface area is 353 Å². The number of hydrogen-bond acceptors (Lipinski definition) is 11. The van der Waals surface area contributed by atoms with Gasteiger partial charge in [-0.2, -0.15) is 0 Å². The highest BCUT2D eigenvalue weighted by molar-refractivity contribution is 6.06. The van der Waals surface area contributed by atoms with E-state index < -0.39 is 11.9 Å². The number of piperidine rings is 2. The number of aryl methyl sites for hydroxylation is 1. The van der Waals surface area contributed by atoms with Crippen molar-refractivity contribution in [3.05, 3.63) is 125 Å². The van der Waals surface area contributed by atoms with Crippen molar-refractivity contribution in [1.82, 2.24) is 35.0 Å². The van der Waals surface area contributed by atoms with E-state index in [9.17, 15) is 19.2 Å². The molecule has 0 bridgehead atoms. The van der Waals surface area contributed by atoms with Gasteiger partial charge in [-0.3, -0.25) is 39.3 Å². The number of benzene rings is 3. The van der Waals surface area contributed by atoms with E-state index in [0.717, 1.165) is 80.3 Å². The monoisotopic (exact) mass is 822 g/mol.